The number of carbonyl (C=O) groups excluding carboxylic acids is 1. The Morgan fingerprint density at radius 1 is 1.08 bits per heavy atom. The Balaban J connectivity index is 2.10. The third-order valence-corrected chi connectivity index (χ3v) is 5.28. The van der Waals surface area contributed by atoms with Crippen molar-refractivity contribution in [1.29, 1.82) is 0 Å². The molecule has 2 aliphatic rings. The van der Waals surface area contributed by atoms with Gasteiger partial charge in [0, 0.05) is 18.3 Å². The lowest BCUT2D eigenvalue weighted by atomic mass is 9.65. The van der Waals surface area contributed by atoms with Gasteiger partial charge in [-0.3, -0.25) is 4.79 Å². The van der Waals surface area contributed by atoms with Crippen molar-refractivity contribution in [2.45, 2.75) is 30.9 Å². The van der Waals surface area contributed by atoms with Crippen LogP contribution in [0.25, 0.3) is 0 Å². The van der Waals surface area contributed by atoms with E-state index in [0.29, 0.717) is 18.5 Å². The minimum atomic E-state index is -4.49. The highest BCUT2D eigenvalue weighted by atomic mass is 19.4. The number of carbonyl (C=O) groups is 1. The lowest BCUT2D eigenvalue weighted by Gasteiger charge is -2.36. The maximum Gasteiger partial charge on any atom is 0.416 e. The fraction of sp³-hybridized carbons (Fsp3) is 0.316. The van der Waals surface area contributed by atoms with Crippen LogP contribution < -0.4 is 4.90 Å². The number of amides is 1. The molecule has 0 unspecified atom stereocenters. The van der Waals surface area contributed by atoms with Crippen molar-refractivity contribution in [3.63, 3.8) is 0 Å². The molecule has 2 aromatic carbocycles. The van der Waals surface area contributed by atoms with E-state index in [9.17, 15) is 18.0 Å². The van der Waals surface area contributed by atoms with E-state index in [1.54, 1.807) is 19.2 Å². The number of benzene rings is 2. The van der Waals surface area contributed by atoms with Crippen LogP contribution in [0.4, 0.5) is 18.9 Å². The second-order valence-corrected chi connectivity index (χ2v) is 6.48. The van der Waals surface area contributed by atoms with Crippen LogP contribution in [0.3, 0.4) is 0 Å². The number of likely N-dealkylation sites (N-methyl/N-ethyl adjacent to an activating group) is 1. The molecule has 1 aliphatic heterocycles. The molecule has 0 N–H and O–H groups in total. The van der Waals surface area contributed by atoms with Gasteiger partial charge in [0.25, 0.3) is 0 Å². The molecular weight excluding hydrogens is 315 g/mol. The van der Waals surface area contributed by atoms with Crippen molar-refractivity contribution in [3.8, 4) is 0 Å². The average molecular weight is 331 g/mol. The molecule has 24 heavy (non-hydrogen) atoms. The number of alkyl halides is 3. The highest BCUT2D eigenvalue weighted by Gasteiger charge is 2.56. The fourth-order valence-electron chi connectivity index (χ4n) is 4.32. The lowest BCUT2D eigenvalue weighted by molar-refractivity contribution is -0.138. The van der Waals surface area contributed by atoms with Gasteiger partial charge in [0.05, 0.1) is 5.56 Å². The molecule has 4 rings (SSSR count). The molecule has 1 amide bonds. The highest BCUT2D eigenvalue weighted by Crippen LogP contribution is 2.55. The maximum atomic E-state index is 13.7. The molecule has 124 valence electrons. The second kappa shape index (κ2) is 4.85. The summed E-state index contributed by atoms with van der Waals surface area (Å²) in [6.07, 6.45) is -2.59. The van der Waals surface area contributed by atoms with Gasteiger partial charge in [-0.15, -0.1) is 0 Å². The van der Waals surface area contributed by atoms with Crippen molar-refractivity contribution in [2.24, 2.45) is 0 Å². The molecule has 0 fully saturated rings. The van der Waals surface area contributed by atoms with Crippen molar-refractivity contribution < 1.29 is 18.0 Å². The van der Waals surface area contributed by atoms with Crippen molar-refractivity contribution in [1.82, 2.24) is 0 Å². The molecule has 1 heterocycles. The number of halogens is 3. The summed E-state index contributed by atoms with van der Waals surface area (Å²) in [5.74, 6) is -0.263. The van der Waals surface area contributed by atoms with Gasteiger partial charge in [-0.25, -0.2) is 0 Å². The Hall–Kier alpha value is -2.30. The Labute approximate surface area is 137 Å². The number of hydrogen-bond donors (Lipinski definition) is 0. The Morgan fingerprint density at radius 2 is 1.83 bits per heavy atom. The minimum absolute atomic E-state index is 0.122. The van der Waals surface area contributed by atoms with E-state index in [4.69, 9.17) is 0 Å². The zero-order valence-corrected chi connectivity index (χ0v) is 13.2. The lowest BCUT2D eigenvalue weighted by Crippen LogP contribution is -2.42. The maximum absolute atomic E-state index is 13.7. The zero-order chi connectivity index (χ0) is 17.1. The first-order valence-corrected chi connectivity index (χ1v) is 7.94. The van der Waals surface area contributed by atoms with Crippen LogP contribution in [0.15, 0.2) is 42.5 Å². The van der Waals surface area contributed by atoms with Crippen LogP contribution in [0, 0.1) is 0 Å². The summed E-state index contributed by atoms with van der Waals surface area (Å²) >= 11 is 0. The van der Waals surface area contributed by atoms with Gasteiger partial charge in [0.15, 0.2) is 0 Å². The van der Waals surface area contributed by atoms with Gasteiger partial charge in [0.2, 0.25) is 5.91 Å². The van der Waals surface area contributed by atoms with Gasteiger partial charge in [-0.1, -0.05) is 30.3 Å². The Kier molecular flexibility index (Phi) is 3.08. The van der Waals surface area contributed by atoms with E-state index in [0.717, 1.165) is 23.6 Å². The summed E-state index contributed by atoms with van der Waals surface area (Å²) in [5, 5.41) is 0. The Morgan fingerprint density at radius 3 is 2.58 bits per heavy atom. The predicted octanol–water partition coefficient (Wildman–Crippen LogP) is 4.30. The van der Waals surface area contributed by atoms with Gasteiger partial charge in [0.1, 0.15) is 5.41 Å². The molecule has 2 nitrogen and oxygen atoms in total. The van der Waals surface area contributed by atoms with E-state index in [-0.39, 0.29) is 11.5 Å². The van der Waals surface area contributed by atoms with E-state index in [1.165, 1.54) is 11.0 Å². The third-order valence-electron chi connectivity index (χ3n) is 5.28. The summed E-state index contributed by atoms with van der Waals surface area (Å²) in [6, 6.07) is 11.5. The quantitative estimate of drug-likeness (QED) is 0.705. The molecule has 1 spiro atoms. The first-order chi connectivity index (χ1) is 11.4. The second-order valence-electron chi connectivity index (χ2n) is 6.48. The Bertz CT molecular complexity index is 843. The van der Waals surface area contributed by atoms with E-state index in [2.05, 4.69) is 0 Å². The van der Waals surface area contributed by atoms with Gasteiger partial charge in [-0.05, 0) is 42.5 Å². The number of aryl methyl sites for hydroxylation is 1. The number of rotatable bonds is 0. The van der Waals surface area contributed by atoms with Crippen LogP contribution in [0.2, 0.25) is 0 Å². The van der Waals surface area contributed by atoms with Crippen LogP contribution in [-0.2, 0) is 22.8 Å². The first kappa shape index (κ1) is 15.2. The van der Waals surface area contributed by atoms with E-state index in [1.807, 2.05) is 18.2 Å². The molecule has 5 heteroatoms. The standard InChI is InChI=1S/C19H16F3NO/c1-23-15-10-4-9-14(19(20,21)22)16(15)18(17(23)24)11-5-7-12-6-2-3-8-13(12)18/h2-4,6,8-10H,5,7,11H2,1H3/t18-/m0/s1. The summed E-state index contributed by atoms with van der Waals surface area (Å²) in [6.45, 7) is 0. The van der Waals surface area contributed by atoms with Gasteiger partial charge < -0.3 is 4.90 Å². The molecule has 0 saturated carbocycles. The number of fused-ring (bicyclic) bond motifs is 4. The van der Waals surface area contributed by atoms with E-state index >= 15 is 0 Å². The predicted molar refractivity (Wildman–Crippen MR) is 85.0 cm³/mol. The molecular formula is C19H16F3NO. The molecule has 0 radical (unpaired) electrons. The number of nitrogens with zero attached hydrogens (tertiary/aromatic N) is 1. The fourth-order valence-corrected chi connectivity index (χ4v) is 4.32. The largest absolute Gasteiger partial charge is 0.416 e. The summed E-state index contributed by atoms with van der Waals surface area (Å²) < 4.78 is 41.0. The zero-order valence-electron chi connectivity index (χ0n) is 13.2. The molecule has 0 aromatic heterocycles. The van der Waals surface area contributed by atoms with Crippen LogP contribution in [-0.4, -0.2) is 13.0 Å². The summed E-state index contributed by atoms with van der Waals surface area (Å²) in [7, 11) is 1.56. The molecule has 1 aliphatic carbocycles. The highest BCUT2D eigenvalue weighted by molar-refractivity contribution is 6.11. The van der Waals surface area contributed by atoms with Crippen LogP contribution >= 0.6 is 0 Å². The van der Waals surface area contributed by atoms with Crippen molar-refractivity contribution >= 4 is 11.6 Å². The smallest absolute Gasteiger partial charge is 0.314 e. The third kappa shape index (κ3) is 1.81. The molecule has 2 aromatic rings. The van der Waals surface area contributed by atoms with Crippen molar-refractivity contribution in [3.05, 3.63) is 64.7 Å². The molecule has 1 atom stereocenters. The van der Waals surface area contributed by atoms with Gasteiger partial charge in [-0.2, -0.15) is 13.2 Å². The van der Waals surface area contributed by atoms with Crippen LogP contribution in [0.5, 0.6) is 0 Å². The van der Waals surface area contributed by atoms with Crippen molar-refractivity contribution in [2.75, 3.05) is 11.9 Å². The first-order valence-electron chi connectivity index (χ1n) is 7.94. The molecule has 0 saturated heterocycles. The monoisotopic (exact) mass is 331 g/mol. The normalized spacial score (nSPS) is 22.7. The average Bonchev–Trinajstić information content (AvgIpc) is 2.78. The topological polar surface area (TPSA) is 20.3 Å². The summed E-state index contributed by atoms with van der Waals surface area (Å²) in [5.41, 5.74) is 0.266. The minimum Gasteiger partial charge on any atom is -0.314 e. The van der Waals surface area contributed by atoms with Gasteiger partial charge >= 0.3 is 6.18 Å². The number of hydrogen-bond acceptors (Lipinski definition) is 1. The van der Waals surface area contributed by atoms with E-state index < -0.39 is 17.2 Å². The SMILES string of the molecule is CN1C(=O)[C@]2(CCCc3ccccc32)c2c1cccc2C(F)(F)F. The van der Waals surface area contributed by atoms with Crippen LogP contribution in [0.1, 0.15) is 35.1 Å². The number of anilines is 1. The summed E-state index contributed by atoms with van der Waals surface area (Å²) in [4.78, 5) is 14.5. The molecule has 0 bridgehead atoms.